The number of carbonyl (C=O) groups excluding carboxylic acids is 1. The summed E-state index contributed by atoms with van der Waals surface area (Å²) >= 11 is 0. The van der Waals surface area contributed by atoms with E-state index in [0.717, 1.165) is 11.1 Å². The van der Waals surface area contributed by atoms with E-state index in [1.54, 1.807) is 6.08 Å². The maximum absolute atomic E-state index is 12.0. The van der Waals surface area contributed by atoms with Crippen LogP contribution >= 0.6 is 0 Å². The molecule has 1 aromatic carbocycles. The summed E-state index contributed by atoms with van der Waals surface area (Å²) in [7, 11) is 0. The van der Waals surface area contributed by atoms with Gasteiger partial charge in [0.25, 0.3) is 0 Å². The molecule has 2 nitrogen and oxygen atoms in total. The average molecular weight is 218 g/mol. The van der Waals surface area contributed by atoms with Crippen LogP contribution in [0.3, 0.4) is 0 Å². The minimum Gasteiger partial charge on any atom is -0.456 e. The molecule has 0 radical (unpaired) electrons. The van der Waals surface area contributed by atoms with Crippen molar-refractivity contribution in [3.8, 4) is 0 Å². The van der Waals surface area contributed by atoms with Crippen LogP contribution in [0.5, 0.6) is 0 Å². The van der Waals surface area contributed by atoms with E-state index in [0.29, 0.717) is 5.56 Å². The van der Waals surface area contributed by atoms with Gasteiger partial charge in [-0.3, -0.25) is 0 Å². The number of hydrogen-bond donors (Lipinski definition) is 0. The number of aryl methyl sites for hydroxylation is 1. The van der Waals surface area contributed by atoms with Crippen molar-refractivity contribution in [2.45, 2.75) is 33.3 Å². The van der Waals surface area contributed by atoms with Gasteiger partial charge in [-0.1, -0.05) is 30.9 Å². The highest BCUT2D eigenvalue weighted by atomic mass is 16.6. The molecule has 0 aliphatic heterocycles. The molecule has 0 atom stereocenters. The van der Waals surface area contributed by atoms with Gasteiger partial charge in [0.05, 0.1) is 5.56 Å². The zero-order valence-electron chi connectivity index (χ0n) is 10.3. The fraction of sp³-hybridized carbons (Fsp3) is 0.357. The van der Waals surface area contributed by atoms with Gasteiger partial charge in [-0.15, -0.1) is 0 Å². The lowest BCUT2D eigenvalue weighted by atomic mass is 10.0. The topological polar surface area (TPSA) is 26.3 Å². The van der Waals surface area contributed by atoms with Crippen LogP contribution in [-0.4, -0.2) is 11.6 Å². The molecule has 0 amide bonds. The molecule has 0 aliphatic carbocycles. The first kappa shape index (κ1) is 12.5. The van der Waals surface area contributed by atoms with Crippen LogP contribution in [0.2, 0.25) is 0 Å². The van der Waals surface area contributed by atoms with E-state index in [1.807, 2.05) is 45.9 Å². The second-order valence-electron chi connectivity index (χ2n) is 4.75. The highest BCUT2D eigenvalue weighted by Gasteiger charge is 2.20. The number of ether oxygens (including phenoxy) is 1. The minimum atomic E-state index is -0.474. The van der Waals surface area contributed by atoms with Crippen molar-refractivity contribution in [1.82, 2.24) is 0 Å². The highest BCUT2D eigenvalue weighted by Crippen LogP contribution is 2.19. The molecular formula is C14H18O2. The monoisotopic (exact) mass is 218 g/mol. The minimum absolute atomic E-state index is 0.291. The molecule has 0 aromatic heterocycles. The summed E-state index contributed by atoms with van der Waals surface area (Å²) in [4.78, 5) is 12.0. The predicted octanol–water partition coefficient (Wildman–Crippen LogP) is 3.59. The van der Waals surface area contributed by atoms with E-state index in [-0.39, 0.29) is 5.97 Å². The molecule has 86 valence electrons. The van der Waals surface area contributed by atoms with E-state index in [1.165, 1.54) is 0 Å². The summed E-state index contributed by atoms with van der Waals surface area (Å²) in [6.45, 7) is 11.2. The molecule has 0 N–H and O–H groups in total. The molecule has 0 heterocycles. The molecule has 0 fully saturated rings. The SMILES string of the molecule is C=Cc1cccc(C)c1C(=O)OC(C)(C)C. The van der Waals surface area contributed by atoms with Crippen molar-refractivity contribution < 1.29 is 9.53 Å². The molecule has 16 heavy (non-hydrogen) atoms. The maximum Gasteiger partial charge on any atom is 0.339 e. The first-order chi connectivity index (χ1) is 7.35. The number of esters is 1. The molecule has 2 heteroatoms. The molecule has 1 rings (SSSR count). The van der Waals surface area contributed by atoms with Gasteiger partial charge in [0, 0.05) is 0 Å². The Hall–Kier alpha value is -1.57. The predicted molar refractivity (Wildman–Crippen MR) is 66.4 cm³/mol. The van der Waals surface area contributed by atoms with Crippen LogP contribution in [0.15, 0.2) is 24.8 Å². The van der Waals surface area contributed by atoms with Gasteiger partial charge in [-0.2, -0.15) is 0 Å². The Bertz CT molecular complexity index is 411. The average Bonchev–Trinajstić information content (AvgIpc) is 2.14. The van der Waals surface area contributed by atoms with Crippen LogP contribution in [0.25, 0.3) is 6.08 Å². The van der Waals surface area contributed by atoms with Crippen molar-refractivity contribution in [2.24, 2.45) is 0 Å². The van der Waals surface area contributed by atoms with Gasteiger partial charge in [-0.05, 0) is 38.8 Å². The van der Waals surface area contributed by atoms with Crippen molar-refractivity contribution in [3.05, 3.63) is 41.5 Å². The van der Waals surface area contributed by atoms with E-state index >= 15 is 0 Å². The third-order valence-electron chi connectivity index (χ3n) is 2.13. The Kier molecular flexibility index (Phi) is 3.53. The van der Waals surface area contributed by atoms with Crippen molar-refractivity contribution in [1.29, 1.82) is 0 Å². The third kappa shape index (κ3) is 2.96. The first-order valence-corrected chi connectivity index (χ1v) is 5.30. The van der Waals surface area contributed by atoms with Crippen molar-refractivity contribution >= 4 is 12.0 Å². The molecule has 0 bridgehead atoms. The third-order valence-corrected chi connectivity index (χ3v) is 2.13. The van der Waals surface area contributed by atoms with Crippen LogP contribution < -0.4 is 0 Å². The lowest BCUT2D eigenvalue weighted by molar-refractivity contribution is 0.00686. The Morgan fingerprint density at radius 2 is 2.00 bits per heavy atom. The zero-order chi connectivity index (χ0) is 12.3. The Labute approximate surface area is 96.9 Å². The van der Waals surface area contributed by atoms with Crippen LogP contribution in [0.4, 0.5) is 0 Å². The Balaban J connectivity index is 3.12. The summed E-state index contributed by atoms with van der Waals surface area (Å²) in [5, 5.41) is 0. The van der Waals surface area contributed by atoms with Crippen LogP contribution in [0, 0.1) is 6.92 Å². The van der Waals surface area contributed by atoms with Gasteiger partial charge < -0.3 is 4.74 Å². The van der Waals surface area contributed by atoms with E-state index in [2.05, 4.69) is 6.58 Å². The summed E-state index contributed by atoms with van der Waals surface area (Å²) in [6.07, 6.45) is 1.67. The van der Waals surface area contributed by atoms with Gasteiger partial charge in [0.1, 0.15) is 5.60 Å². The first-order valence-electron chi connectivity index (χ1n) is 5.30. The largest absolute Gasteiger partial charge is 0.456 e. The quantitative estimate of drug-likeness (QED) is 0.709. The summed E-state index contributed by atoms with van der Waals surface area (Å²) < 4.78 is 5.36. The standard InChI is InChI=1S/C14H18O2/c1-6-11-9-7-8-10(2)12(11)13(15)16-14(3,4)5/h6-9H,1H2,2-5H3. The fourth-order valence-corrected chi connectivity index (χ4v) is 1.47. The summed E-state index contributed by atoms with van der Waals surface area (Å²) in [5.74, 6) is -0.291. The van der Waals surface area contributed by atoms with Crippen LogP contribution in [-0.2, 0) is 4.74 Å². The second-order valence-corrected chi connectivity index (χ2v) is 4.75. The molecule has 0 spiro atoms. The Morgan fingerprint density at radius 1 is 1.38 bits per heavy atom. The number of hydrogen-bond acceptors (Lipinski definition) is 2. The highest BCUT2D eigenvalue weighted by molar-refractivity contribution is 5.95. The van der Waals surface area contributed by atoms with Gasteiger partial charge in [-0.25, -0.2) is 4.79 Å². The fourth-order valence-electron chi connectivity index (χ4n) is 1.47. The number of carbonyl (C=O) groups is 1. The second kappa shape index (κ2) is 4.52. The Morgan fingerprint density at radius 3 is 2.50 bits per heavy atom. The molecule has 0 saturated heterocycles. The van der Waals surface area contributed by atoms with E-state index in [4.69, 9.17) is 4.74 Å². The molecule has 0 unspecified atom stereocenters. The lowest BCUT2D eigenvalue weighted by Crippen LogP contribution is -2.24. The lowest BCUT2D eigenvalue weighted by Gasteiger charge is -2.21. The van der Waals surface area contributed by atoms with Gasteiger partial charge >= 0.3 is 5.97 Å². The number of rotatable bonds is 2. The van der Waals surface area contributed by atoms with Crippen molar-refractivity contribution in [2.75, 3.05) is 0 Å². The zero-order valence-corrected chi connectivity index (χ0v) is 10.3. The van der Waals surface area contributed by atoms with E-state index < -0.39 is 5.60 Å². The normalized spacial score (nSPS) is 11.0. The summed E-state index contributed by atoms with van der Waals surface area (Å²) in [5.41, 5.74) is 1.85. The summed E-state index contributed by atoms with van der Waals surface area (Å²) in [6, 6.07) is 5.66. The van der Waals surface area contributed by atoms with E-state index in [9.17, 15) is 4.79 Å². The number of benzene rings is 1. The molecule has 1 aromatic rings. The molecule has 0 aliphatic rings. The molecule has 0 saturated carbocycles. The maximum atomic E-state index is 12.0. The van der Waals surface area contributed by atoms with Gasteiger partial charge in [0.15, 0.2) is 0 Å². The van der Waals surface area contributed by atoms with Crippen molar-refractivity contribution in [3.63, 3.8) is 0 Å². The van der Waals surface area contributed by atoms with Gasteiger partial charge in [0.2, 0.25) is 0 Å². The smallest absolute Gasteiger partial charge is 0.339 e. The van der Waals surface area contributed by atoms with Crippen LogP contribution in [0.1, 0.15) is 42.3 Å². The molecular weight excluding hydrogens is 200 g/mol.